The maximum atomic E-state index is 10.8. The molecule has 15 heteroatoms. The Kier molecular flexibility index (Phi) is 13.0. The van der Waals surface area contributed by atoms with Gasteiger partial charge in [-0.1, -0.05) is 12.1 Å². The quantitative estimate of drug-likeness (QED) is 0.0934. The van der Waals surface area contributed by atoms with Crippen molar-refractivity contribution >= 4 is 97.7 Å². The first-order chi connectivity index (χ1) is 26.3. The van der Waals surface area contributed by atoms with Crippen molar-refractivity contribution in [1.82, 2.24) is 19.9 Å². The Labute approximate surface area is 349 Å². The summed E-state index contributed by atoms with van der Waals surface area (Å²) in [4.78, 5) is 37.1. The van der Waals surface area contributed by atoms with Crippen LogP contribution in [0.1, 0.15) is 29.8 Å². The molecule has 0 saturated heterocycles. The fourth-order valence-electron chi connectivity index (χ4n) is 5.58. The third kappa shape index (κ3) is 10.3. The number of hydrogen-bond donors (Lipinski definition) is 4. The van der Waals surface area contributed by atoms with Crippen LogP contribution >= 0.6 is 63.7 Å². The fourth-order valence-corrected chi connectivity index (χ4v) is 8.47. The van der Waals surface area contributed by atoms with Gasteiger partial charge in [0.25, 0.3) is 0 Å². The maximum Gasteiger partial charge on any atom is 0.303 e. The number of carboxylic acid groups (broad SMARTS) is 2. The molecular formula is C40H32Br4N4O7. The van der Waals surface area contributed by atoms with E-state index in [1.165, 1.54) is 0 Å². The van der Waals surface area contributed by atoms with E-state index in [-0.39, 0.29) is 12.8 Å². The third-order valence-electron chi connectivity index (χ3n) is 8.18. The number of aryl methyl sites for hydroxylation is 3. The van der Waals surface area contributed by atoms with Gasteiger partial charge in [0.2, 0.25) is 0 Å². The van der Waals surface area contributed by atoms with Crippen LogP contribution in [0.15, 0.2) is 103 Å². The van der Waals surface area contributed by atoms with Crippen LogP contribution in [0.5, 0.6) is 28.7 Å². The predicted octanol–water partition coefficient (Wildman–Crippen LogP) is 11.8. The lowest BCUT2D eigenvalue weighted by atomic mass is 10.1. The molecule has 0 unspecified atom stereocenters. The number of imidazole rings is 2. The van der Waals surface area contributed by atoms with Crippen LogP contribution < -0.4 is 14.2 Å². The Hall–Kier alpha value is -4.70. The molecule has 0 bridgehead atoms. The van der Waals surface area contributed by atoms with Crippen LogP contribution in [0, 0.1) is 6.92 Å². The number of fused-ring (bicyclic) bond motifs is 2. The number of aromatic nitrogens is 4. The summed E-state index contributed by atoms with van der Waals surface area (Å²) < 4.78 is 20.4. The molecule has 0 aliphatic heterocycles. The second-order valence-electron chi connectivity index (χ2n) is 12.3. The summed E-state index contributed by atoms with van der Waals surface area (Å²) in [6.07, 6.45) is 1.07. The lowest BCUT2D eigenvalue weighted by Crippen LogP contribution is -1.98. The molecule has 7 aromatic rings. The SMILES string of the molecule is COc1cccc(-c2nc3cc(Oc4c(Br)cc(CCC(=O)O)cc4Br)ccc3[nH]2)c1.Cc1nc2cc(Oc3c(Br)cc(CCC(=O)O)cc3Br)ccc2[nH]1. The summed E-state index contributed by atoms with van der Waals surface area (Å²) in [6.45, 7) is 1.91. The summed E-state index contributed by atoms with van der Waals surface area (Å²) in [5, 5.41) is 17.7. The average Bonchev–Trinajstić information content (AvgIpc) is 3.75. The van der Waals surface area contributed by atoms with Crippen LogP contribution in [0.3, 0.4) is 0 Å². The molecule has 55 heavy (non-hydrogen) atoms. The van der Waals surface area contributed by atoms with E-state index in [1.54, 1.807) is 7.11 Å². The molecular weight excluding hydrogens is 968 g/mol. The molecule has 2 heterocycles. The van der Waals surface area contributed by atoms with Crippen molar-refractivity contribution in [2.24, 2.45) is 0 Å². The minimum Gasteiger partial charge on any atom is -0.497 e. The number of halogens is 4. The minimum atomic E-state index is -0.826. The molecule has 0 radical (unpaired) electrons. The summed E-state index contributed by atoms with van der Waals surface area (Å²) in [5.74, 6) is 3.29. The summed E-state index contributed by atoms with van der Waals surface area (Å²) in [6, 6.07) is 26.5. The van der Waals surface area contributed by atoms with Crippen molar-refractivity contribution < 1.29 is 34.0 Å². The molecule has 0 spiro atoms. The van der Waals surface area contributed by atoms with Gasteiger partial charge in [-0.3, -0.25) is 9.59 Å². The molecule has 0 atom stereocenters. The number of carboxylic acids is 2. The van der Waals surface area contributed by atoms with Crippen LogP contribution in [0.2, 0.25) is 0 Å². The second-order valence-corrected chi connectivity index (χ2v) is 15.7. The molecule has 11 nitrogen and oxygen atoms in total. The van der Waals surface area contributed by atoms with Crippen molar-refractivity contribution in [3.05, 3.63) is 120 Å². The highest BCUT2D eigenvalue weighted by atomic mass is 79.9. The second kappa shape index (κ2) is 17.8. The Morgan fingerprint density at radius 3 is 1.62 bits per heavy atom. The van der Waals surface area contributed by atoms with Gasteiger partial charge in [-0.25, -0.2) is 9.97 Å². The first-order valence-electron chi connectivity index (χ1n) is 16.7. The van der Waals surface area contributed by atoms with Crippen molar-refractivity contribution in [3.8, 4) is 40.1 Å². The monoisotopic (exact) mass is 996 g/mol. The van der Waals surface area contributed by atoms with Crippen LogP contribution in [-0.4, -0.2) is 49.2 Å². The van der Waals surface area contributed by atoms with E-state index in [0.29, 0.717) is 35.8 Å². The fraction of sp³-hybridized carbons (Fsp3) is 0.150. The van der Waals surface area contributed by atoms with E-state index >= 15 is 0 Å². The maximum absolute atomic E-state index is 10.8. The largest absolute Gasteiger partial charge is 0.497 e. The van der Waals surface area contributed by atoms with Crippen LogP contribution in [0.4, 0.5) is 0 Å². The van der Waals surface area contributed by atoms with Crippen molar-refractivity contribution in [3.63, 3.8) is 0 Å². The summed E-state index contributed by atoms with van der Waals surface area (Å²) in [7, 11) is 1.64. The zero-order valence-electron chi connectivity index (χ0n) is 29.3. The summed E-state index contributed by atoms with van der Waals surface area (Å²) >= 11 is 14.0. The normalized spacial score (nSPS) is 10.9. The smallest absolute Gasteiger partial charge is 0.303 e. The lowest BCUT2D eigenvalue weighted by Gasteiger charge is -2.12. The van der Waals surface area contributed by atoms with Gasteiger partial charge in [-0.15, -0.1) is 0 Å². The van der Waals surface area contributed by atoms with E-state index in [4.69, 9.17) is 29.4 Å². The highest BCUT2D eigenvalue weighted by Gasteiger charge is 2.15. The van der Waals surface area contributed by atoms with Gasteiger partial charge < -0.3 is 34.4 Å². The van der Waals surface area contributed by atoms with Crippen molar-refractivity contribution in [1.29, 1.82) is 0 Å². The molecule has 0 aliphatic rings. The number of carbonyl (C=O) groups is 2. The van der Waals surface area contributed by atoms with Gasteiger partial charge in [-0.05, 0) is 155 Å². The lowest BCUT2D eigenvalue weighted by molar-refractivity contribution is -0.138. The predicted molar refractivity (Wildman–Crippen MR) is 225 cm³/mol. The minimum absolute atomic E-state index is 0.0739. The zero-order valence-corrected chi connectivity index (χ0v) is 35.6. The molecule has 0 fully saturated rings. The van der Waals surface area contributed by atoms with Crippen LogP contribution in [-0.2, 0) is 22.4 Å². The Bertz CT molecular complexity index is 2490. The molecule has 4 N–H and O–H groups in total. The highest BCUT2D eigenvalue weighted by molar-refractivity contribution is 9.11. The van der Waals surface area contributed by atoms with E-state index < -0.39 is 11.9 Å². The van der Waals surface area contributed by atoms with E-state index in [0.717, 1.165) is 74.0 Å². The number of ether oxygens (including phenoxy) is 3. The molecule has 0 amide bonds. The number of aromatic amines is 2. The summed E-state index contributed by atoms with van der Waals surface area (Å²) in [5.41, 5.74) is 6.23. The number of benzene rings is 5. The number of H-pyrrole nitrogens is 2. The van der Waals surface area contributed by atoms with Gasteiger partial charge in [0.1, 0.15) is 28.9 Å². The molecule has 0 saturated carbocycles. The Morgan fingerprint density at radius 1 is 0.636 bits per heavy atom. The zero-order chi connectivity index (χ0) is 39.2. The molecule has 7 rings (SSSR count). The van der Waals surface area contributed by atoms with Crippen molar-refractivity contribution in [2.75, 3.05) is 7.11 Å². The van der Waals surface area contributed by atoms with E-state index in [2.05, 4.69) is 78.7 Å². The standard InChI is InChI=1S/C23H18Br2N2O4.C17H14Br2N2O3/c1-30-15-4-2-3-14(11-15)23-26-19-7-6-16(12-20(19)27-23)31-22-17(24)9-13(10-18(22)25)5-8-21(28)29;1-9-20-14-4-3-11(8-15(14)21-9)24-17-12(18)6-10(7-13(17)19)2-5-16(22)23/h2-4,6-7,9-12H,5,8H2,1H3,(H,26,27)(H,28,29);3-4,6-8H,2,5H2,1H3,(H,20,21)(H,22,23). The van der Waals surface area contributed by atoms with E-state index in [1.807, 2.05) is 91.9 Å². The van der Waals surface area contributed by atoms with Crippen molar-refractivity contribution in [2.45, 2.75) is 32.6 Å². The Balaban J connectivity index is 0.000000193. The number of nitrogens with one attached hydrogen (secondary N) is 2. The number of rotatable bonds is 12. The molecule has 282 valence electrons. The molecule has 5 aromatic carbocycles. The molecule has 2 aromatic heterocycles. The number of nitrogens with zero attached hydrogens (tertiary/aromatic N) is 2. The van der Waals surface area contributed by atoms with E-state index in [9.17, 15) is 9.59 Å². The number of hydrogen-bond acceptors (Lipinski definition) is 7. The van der Waals surface area contributed by atoms with Gasteiger partial charge >= 0.3 is 11.9 Å². The average molecular weight is 1000 g/mol. The number of aliphatic carboxylic acids is 2. The van der Waals surface area contributed by atoms with Gasteiger partial charge in [0.15, 0.2) is 11.5 Å². The Morgan fingerprint density at radius 2 is 1.13 bits per heavy atom. The topological polar surface area (TPSA) is 160 Å². The van der Waals surface area contributed by atoms with Gasteiger partial charge in [0, 0.05) is 30.5 Å². The van der Waals surface area contributed by atoms with Crippen LogP contribution in [0.25, 0.3) is 33.5 Å². The first-order valence-corrected chi connectivity index (χ1v) is 19.9. The number of methoxy groups -OCH3 is 1. The molecule has 0 aliphatic carbocycles. The first kappa shape index (κ1) is 40.0. The van der Waals surface area contributed by atoms with Gasteiger partial charge in [0.05, 0.1) is 47.1 Å². The highest BCUT2D eigenvalue weighted by Crippen LogP contribution is 2.40. The third-order valence-corrected chi connectivity index (χ3v) is 10.5. The van der Waals surface area contributed by atoms with Gasteiger partial charge in [-0.2, -0.15) is 0 Å².